The van der Waals surface area contributed by atoms with Gasteiger partial charge in [-0.15, -0.1) is 0 Å². The highest BCUT2D eigenvalue weighted by Crippen LogP contribution is 2.52. The summed E-state index contributed by atoms with van der Waals surface area (Å²) in [5.74, 6) is 2.65. The van der Waals surface area contributed by atoms with Gasteiger partial charge in [-0.3, -0.25) is 4.79 Å². The number of aryl methyl sites for hydroxylation is 1. The maximum atomic E-state index is 11.8. The molecule has 2 aliphatic carbocycles. The predicted molar refractivity (Wildman–Crippen MR) is 77.6 cm³/mol. The summed E-state index contributed by atoms with van der Waals surface area (Å²) in [4.78, 5) is 11.8. The fraction of sp³-hybridized carbons (Fsp3) is 0.588. The number of carbonyl (C=O) groups is 1. The highest BCUT2D eigenvalue weighted by molar-refractivity contribution is 5.80. The number of benzene rings is 1. The molecular formula is C17H22O3. The molecule has 108 valence electrons. The van der Waals surface area contributed by atoms with Crippen molar-refractivity contribution in [2.45, 2.75) is 44.4 Å². The minimum Gasteiger partial charge on any atom is -0.497 e. The molecule has 3 heteroatoms. The van der Waals surface area contributed by atoms with Gasteiger partial charge in [0, 0.05) is 29.9 Å². The van der Waals surface area contributed by atoms with E-state index in [2.05, 4.69) is 13.0 Å². The van der Waals surface area contributed by atoms with Crippen LogP contribution in [0.5, 0.6) is 11.5 Å². The van der Waals surface area contributed by atoms with E-state index in [1.165, 1.54) is 11.1 Å². The average Bonchev–Trinajstić information content (AvgIpc) is 2.46. The van der Waals surface area contributed by atoms with Gasteiger partial charge in [-0.25, -0.2) is 0 Å². The molecule has 0 heterocycles. The second kappa shape index (κ2) is 4.80. The van der Waals surface area contributed by atoms with Crippen LogP contribution in [0.25, 0.3) is 0 Å². The Hall–Kier alpha value is -1.51. The normalized spacial score (nSPS) is 28.6. The Morgan fingerprint density at radius 3 is 2.70 bits per heavy atom. The Labute approximate surface area is 120 Å². The van der Waals surface area contributed by atoms with Crippen molar-refractivity contribution >= 4 is 5.78 Å². The van der Waals surface area contributed by atoms with Gasteiger partial charge >= 0.3 is 0 Å². The van der Waals surface area contributed by atoms with E-state index in [1.54, 1.807) is 14.2 Å². The van der Waals surface area contributed by atoms with Crippen molar-refractivity contribution in [2.75, 3.05) is 14.2 Å². The van der Waals surface area contributed by atoms with E-state index < -0.39 is 0 Å². The number of ketones is 1. The minimum absolute atomic E-state index is 0.0686. The molecule has 0 bridgehead atoms. The van der Waals surface area contributed by atoms with Crippen molar-refractivity contribution < 1.29 is 14.3 Å². The van der Waals surface area contributed by atoms with Gasteiger partial charge in [0.1, 0.15) is 17.3 Å². The van der Waals surface area contributed by atoms with E-state index in [-0.39, 0.29) is 5.41 Å². The summed E-state index contributed by atoms with van der Waals surface area (Å²) in [7, 11) is 3.41. The number of methoxy groups -OCH3 is 2. The molecule has 2 atom stereocenters. The third-order valence-electron chi connectivity index (χ3n) is 5.24. The van der Waals surface area contributed by atoms with E-state index in [0.717, 1.165) is 37.2 Å². The van der Waals surface area contributed by atoms with Gasteiger partial charge in [0.25, 0.3) is 0 Å². The van der Waals surface area contributed by atoms with E-state index >= 15 is 0 Å². The first-order valence-electron chi connectivity index (χ1n) is 7.35. The van der Waals surface area contributed by atoms with Crippen LogP contribution in [-0.2, 0) is 16.6 Å². The predicted octanol–water partition coefficient (Wildman–Crippen LogP) is 3.28. The van der Waals surface area contributed by atoms with Crippen LogP contribution >= 0.6 is 0 Å². The van der Waals surface area contributed by atoms with Crippen LogP contribution in [0.2, 0.25) is 0 Å². The van der Waals surface area contributed by atoms with Crippen molar-refractivity contribution in [3.05, 3.63) is 23.3 Å². The zero-order valence-corrected chi connectivity index (χ0v) is 12.5. The summed E-state index contributed by atoms with van der Waals surface area (Å²) in [6.07, 6.45) is 4.46. The summed E-state index contributed by atoms with van der Waals surface area (Å²) in [5.41, 5.74) is 2.71. The van der Waals surface area contributed by atoms with Crippen molar-refractivity contribution in [1.29, 1.82) is 0 Å². The van der Waals surface area contributed by atoms with Crippen LogP contribution in [0, 0.1) is 5.92 Å². The van der Waals surface area contributed by atoms with E-state index in [1.807, 2.05) is 6.07 Å². The maximum Gasteiger partial charge on any atom is 0.133 e. The zero-order chi connectivity index (χ0) is 14.3. The monoisotopic (exact) mass is 274 g/mol. The molecule has 1 aromatic carbocycles. The Bertz CT molecular complexity index is 532. The lowest BCUT2D eigenvalue weighted by Gasteiger charge is -2.46. The van der Waals surface area contributed by atoms with E-state index in [0.29, 0.717) is 18.1 Å². The minimum atomic E-state index is 0.0686. The number of hydrogen-bond donors (Lipinski definition) is 0. The Kier molecular flexibility index (Phi) is 3.23. The first kappa shape index (κ1) is 13.5. The van der Waals surface area contributed by atoms with E-state index in [9.17, 15) is 4.79 Å². The highest BCUT2D eigenvalue weighted by atomic mass is 16.5. The third-order valence-corrected chi connectivity index (χ3v) is 5.24. The van der Waals surface area contributed by atoms with Crippen molar-refractivity contribution in [2.24, 2.45) is 5.92 Å². The van der Waals surface area contributed by atoms with Gasteiger partial charge in [0.05, 0.1) is 14.2 Å². The first-order valence-corrected chi connectivity index (χ1v) is 7.35. The molecule has 0 N–H and O–H groups in total. The molecule has 20 heavy (non-hydrogen) atoms. The molecule has 1 saturated carbocycles. The number of Topliss-reactive ketones (excluding diaryl/α,β-unsaturated/α-hetero) is 1. The van der Waals surface area contributed by atoms with Gasteiger partial charge in [0.15, 0.2) is 0 Å². The molecule has 0 unspecified atom stereocenters. The molecule has 0 saturated heterocycles. The summed E-state index contributed by atoms with van der Waals surface area (Å²) >= 11 is 0. The Morgan fingerprint density at radius 2 is 2.00 bits per heavy atom. The van der Waals surface area contributed by atoms with Crippen LogP contribution in [0.15, 0.2) is 12.1 Å². The molecule has 1 fully saturated rings. The lowest BCUT2D eigenvalue weighted by Crippen LogP contribution is -2.42. The maximum absolute atomic E-state index is 11.8. The van der Waals surface area contributed by atoms with Gasteiger partial charge in [-0.2, -0.15) is 0 Å². The number of hydrogen-bond acceptors (Lipinski definition) is 3. The van der Waals surface area contributed by atoms with Crippen LogP contribution in [0.3, 0.4) is 0 Å². The smallest absolute Gasteiger partial charge is 0.133 e. The molecule has 3 nitrogen and oxygen atoms in total. The molecule has 0 spiro atoms. The zero-order valence-electron chi connectivity index (χ0n) is 12.5. The third kappa shape index (κ3) is 1.91. The number of carbonyl (C=O) groups excluding carboxylic acids is 1. The fourth-order valence-corrected chi connectivity index (χ4v) is 4.05. The molecule has 0 radical (unpaired) electrons. The summed E-state index contributed by atoms with van der Waals surface area (Å²) in [5, 5.41) is 0. The summed E-state index contributed by atoms with van der Waals surface area (Å²) in [6.45, 7) is 2.30. The fourth-order valence-electron chi connectivity index (χ4n) is 4.05. The first-order chi connectivity index (χ1) is 9.58. The van der Waals surface area contributed by atoms with Gasteiger partial charge in [-0.05, 0) is 36.8 Å². The summed E-state index contributed by atoms with van der Waals surface area (Å²) < 4.78 is 11.0. The lowest BCUT2D eigenvalue weighted by atomic mass is 9.58. The molecule has 0 aliphatic heterocycles. The quantitative estimate of drug-likeness (QED) is 0.830. The van der Waals surface area contributed by atoms with E-state index in [4.69, 9.17) is 9.47 Å². The molecular weight excluding hydrogens is 252 g/mol. The van der Waals surface area contributed by atoms with Gasteiger partial charge in [-0.1, -0.05) is 6.92 Å². The number of fused-ring (bicyclic) bond motifs is 3. The Balaban J connectivity index is 2.13. The van der Waals surface area contributed by atoms with Crippen molar-refractivity contribution in [1.82, 2.24) is 0 Å². The topological polar surface area (TPSA) is 35.5 Å². The van der Waals surface area contributed by atoms with Gasteiger partial charge in [0.2, 0.25) is 0 Å². The average molecular weight is 274 g/mol. The van der Waals surface area contributed by atoms with Crippen LogP contribution in [0.4, 0.5) is 0 Å². The van der Waals surface area contributed by atoms with Crippen LogP contribution in [0.1, 0.15) is 43.7 Å². The van der Waals surface area contributed by atoms with Crippen molar-refractivity contribution in [3.8, 4) is 11.5 Å². The second-order valence-electron chi connectivity index (χ2n) is 6.26. The number of ether oxygens (including phenoxy) is 2. The van der Waals surface area contributed by atoms with Gasteiger partial charge < -0.3 is 9.47 Å². The largest absolute Gasteiger partial charge is 0.497 e. The standard InChI is InChI=1S/C17H22O3/c1-17-7-6-13(18)9-12(17)5-4-11-8-14(19-2)10-15(20-3)16(11)17/h8,10,12H,4-7,9H2,1-3H3/t12-,17+/m1/s1. The second-order valence-corrected chi connectivity index (χ2v) is 6.26. The molecule has 3 rings (SSSR count). The SMILES string of the molecule is COc1cc2c(c(OC)c1)[C@@]1(C)CCC(=O)C[C@H]1CC2. The molecule has 2 aliphatic rings. The molecule has 1 aromatic rings. The van der Waals surface area contributed by atoms with Crippen LogP contribution < -0.4 is 9.47 Å². The summed E-state index contributed by atoms with van der Waals surface area (Å²) in [6, 6.07) is 4.11. The molecule has 0 amide bonds. The Morgan fingerprint density at radius 1 is 1.20 bits per heavy atom. The highest BCUT2D eigenvalue weighted by Gasteiger charge is 2.45. The molecule has 0 aromatic heterocycles. The number of rotatable bonds is 2. The van der Waals surface area contributed by atoms with Crippen LogP contribution in [-0.4, -0.2) is 20.0 Å². The van der Waals surface area contributed by atoms with Crippen molar-refractivity contribution in [3.63, 3.8) is 0 Å². The lowest BCUT2D eigenvalue weighted by molar-refractivity contribution is -0.123.